The van der Waals surface area contributed by atoms with Crippen LogP contribution in [0.4, 0.5) is 0 Å². The van der Waals surface area contributed by atoms with Gasteiger partial charge in [0, 0.05) is 19.9 Å². The summed E-state index contributed by atoms with van der Waals surface area (Å²) in [6, 6.07) is 11.3. The number of aromatic carboxylic acids is 1. The zero-order valence-corrected chi connectivity index (χ0v) is 10.4. The summed E-state index contributed by atoms with van der Waals surface area (Å²) in [4.78, 5) is 11.0. The molecular weight excluding hydrogens is 230 g/mol. The second-order valence-electron chi connectivity index (χ2n) is 4.10. The van der Waals surface area contributed by atoms with Gasteiger partial charge in [-0.05, 0) is 29.3 Å². The minimum absolute atomic E-state index is 0.280. The third kappa shape index (κ3) is 2.28. The van der Waals surface area contributed by atoms with Gasteiger partial charge in [0.2, 0.25) is 0 Å². The average molecular weight is 245 g/mol. The minimum atomic E-state index is -0.920. The van der Waals surface area contributed by atoms with Gasteiger partial charge >= 0.3 is 5.97 Å². The van der Waals surface area contributed by atoms with Crippen molar-refractivity contribution in [3.05, 3.63) is 47.7 Å². The molecule has 2 aromatic rings. The Kier molecular flexibility index (Phi) is 3.48. The van der Waals surface area contributed by atoms with E-state index in [2.05, 4.69) is 0 Å². The largest absolute Gasteiger partial charge is 0.477 e. The van der Waals surface area contributed by atoms with E-state index in [-0.39, 0.29) is 5.69 Å². The van der Waals surface area contributed by atoms with Gasteiger partial charge in [-0.3, -0.25) is 0 Å². The van der Waals surface area contributed by atoms with E-state index in [4.69, 9.17) is 9.84 Å². The molecule has 2 rings (SSSR count). The molecular formula is C14H15NO3. The summed E-state index contributed by atoms with van der Waals surface area (Å²) in [5.41, 5.74) is 3.21. The number of rotatable bonds is 4. The number of aromatic nitrogens is 1. The quantitative estimate of drug-likeness (QED) is 0.900. The topological polar surface area (TPSA) is 51.5 Å². The smallest absolute Gasteiger partial charge is 0.352 e. The van der Waals surface area contributed by atoms with E-state index in [9.17, 15) is 4.79 Å². The summed E-state index contributed by atoms with van der Waals surface area (Å²) in [6.07, 6.45) is 0. The number of ether oxygens (including phenoxy) is 1. The normalized spacial score (nSPS) is 10.6. The number of hydrogen-bond acceptors (Lipinski definition) is 2. The van der Waals surface area contributed by atoms with Crippen molar-refractivity contribution in [2.45, 2.75) is 6.61 Å². The highest BCUT2D eigenvalue weighted by atomic mass is 16.5. The van der Waals surface area contributed by atoms with Gasteiger partial charge in [-0.2, -0.15) is 0 Å². The molecule has 4 nitrogen and oxygen atoms in total. The van der Waals surface area contributed by atoms with Crippen LogP contribution in [0.2, 0.25) is 0 Å². The van der Waals surface area contributed by atoms with Gasteiger partial charge in [0.25, 0.3) is 0 Å². The van der Waals surface area contributed by atoms with Crippen molar-refractivity contribution in [2.75, 3.05) is 7.11 Å². The van der Waals surface area contributed by atoms with Gasteiger partial charge < -0.3 is 14.4 Å². The molecule has 1 heterocycles. The Balaban J connectivity index is 2.42. The number of carboxylic acids is 1. The molecule has 0 fully saturated rings. The van der Waals surface area contributed by atoms with Gasteiger partial charge in [0.05, 0.1) is 6.61 Å². The predicted octanol–water partition coefficient (Wildman–Crippen LogP) is 2.54. The molecule has 4 heteroatoms. The molecule has 1 aromatic heterocycles. The predicted molar refractivity (Wildman–Crippen MR) is 68.5 cm³/mol. The van der Waals surface area contributed by atoms with E-state index < -0.39 is 5.97 Å². The molecule has 0 atom stereocenters. The molecule has 0 saturated carbocycles. The maximum atomic E-state index is 11.0. The zero-order chi connectivity index (χ0) is 13.1. The monoisotopic (exact) mass is 245 g/mol. The van der Waals surface area contributed by atoms with Crippen LogP contribution in [-0.4, -0.2) is 22.8 Å². The molecule has 94 valence electrons. The van der Waals surface area contributed by atoms with Crippen molar-refractivity contribution in [3.8, 4) is 11.3 Å². The van der Waals surface area contributed by atoms with Crippen molar-refractivity contribution < 1.29 is 14.6 Å². The Morgan fingerprint density at radius 3 is 2.72 bits per heavy atom. The Morgan fingerprint density at radius 2 is 2.11 bits per heavy atom. The van der Waals surface area contributed by atoms with Crippen molar-refractivity contribution in [2.24, 2.45) is 7.05 Å². The molecule has 1 aromatic carbocycles. The highest BCUT2D eigenvalue weighted by molar-refractivity contribution is 5.87. The molecule has 0 amide bonds. The van der Waals surface area contributed by atoms with Crippen LogP contribution in [0.25, 0.3) is 11.3 Å². The second kappa shape index (κ2) is 5.06. The van der Waals surface area contributed by atoms with Gasteiger partial charge in [-0.15, -0.1) is 0 Å². The molecule has 0 spiro atoms. The Hall–Kier alpha value is -2.07. The number of methoxy groups -OCH3 is 1. The summed E-state index contributed by atoms with van der Waals surface area (Å²) in [5, 5.41) is 9.02. The van der Waals surface area contributed by atoms with Crippen molar-refractivity contribution in [1.29, 1.82) is 0 Å². The second-order valence-corrected chi connectivity index (χ2v) is 4.10. The van der Waals surface area contributed by atoms with Crippen LogP contribution >= 0.6 is 0 Å². The maximum Gasteiger partial charge on any atom is 0.352 e. The molecule has 0 bridgehead atoms. The first kappa shape index (κ1) is 12.4. The lowest BCUT2D eigenvalue weighted by Crippen LogP contribution is -2.05. The zero-order valence-electron chi connectivity index (χ0n) is 10.4. The number of carbonyl (C=O) groups is 1. The Bertz CT molecular complexity index is 572. The Morgan fingerprint density at radius 1 is 1.33 bits per heavy atom. The van der Waals surface area contributed by atoms with Crippen LogP contribution in [0.1, 0.15) is 16.1 Å². The number of hydrogen-bond donors (Lipinski definition) is 1. The van der Waals surface area contributed by atoms with E-state index in [1.807, 2.05) is 30.3 Å². The first-order valence-electron chi connectivity index (χ1n) is 5.60. The number of nitrogens with zero attached hydrogens (tertiary/aromatic N) is 1. The van der Waals surface area contributed by atoms with Crippen LogP contribution in [0.15, 0.2) is 36.4 Å². The summed E-state index contributed by atoms with van der Waals surface area (Å²) in [7, 11) is 3.40. The van der Waals surface area contributed by atoms with Crippen molar-refractivity contribution >= 4 is 5.97 Å². The highest BCUT2D eigenvalue weighted by Crippen LogP contribution is 2.22. The third-order valence-electron chi connectivity index (χ3n) is 2.87. The van der Waals surface area contributed by atoms with Gasteiger partial charge in [-0.1, -0.05) is 18.2 Å². The van der Waals surface area contributed by atoms with Crippen LogP contribution in [0.3, 0.4) is 0 Å². The number of carboxylic acid groups (broad SMARTS) is 1. The molecule has 0 radical (unpaired) electrons. The average Bonchev–Trinajstić information content (AvgIpc) is 2.72. The molecule has 0 unspecified atom stereocenters. The van der Waals surface area contributed by atoms with Crippen molar-refractivity contribution in [3.63, 3.8) is 0 Å². The standard InChI is InChI=1S/C14H15NO3/c1-15-12(6-7-13(15)14(16)17)11-5-3-4-10(8-11)9-18-2/h3-8H,9H2,1-2H3,(H,16,17). The molecule has 0 aliphatic heterocycles. The van der Waals surface area contributed by atoms with E-state index in [0.717, 1.165) is 16.8 Å². The van der Waals surface area contributed by atoms with Crippen LogP contribution in [-0.2, 0) is 18.4 Å². The first-order chi connectivity index (χ1) is 8.63. The molecule has 0 aliphatic rings. The fraction of sp³-hybridized carbons (Fsp3) is 0.214. The van der Waals surface area contributed by atoms with E-state index in [0.29, 0.717) is 6.61 Å². The lowest BCUT2D eigenvalue weighted by molar-refractivity contribution is 0.0687. The summed E-state index contributed by atoms with van der Waals surface area (Å²) >= 11 is 0. The third-order valence-corrected chi connectivity index (χ3v) is 2.87. The van der Waals surface area contributed by atoms with E-state index >= 15 is 0 Å². The van der Waals surface area contributed by atoms with Gasteiger partial charge in [0.1, 0.15) is 5.69 Å². The van der Waals surface area contributed by atoms with Crippen LogP contribution in [0, 0.1) is 0 Å². The minimum Gasteiger partial charge on any atom is -0.477 e. The van der Waals surface area contributed by atoms with E-state index in [1.165, 1.54) is 0 Å². The fourth-order valence-corrected chi connectivity index (χ4v) is 2.00. The number of benzene rings is 1. The van der Waals surface area contributed by atoms with Gasteiger partial charge in [-0.25, -0.2) is 4.79 Å². The fourth-order valence-electron chi connectivity index (χ4n) is 2.00. The first-order valence-corrected chi connectivity index (χ1v) is 5.60. The summed E-state index contributed by atoms with van der Waals surface area (Å²) in [6.45, 7) is 0.546. The van der Waals surface area contributed by atoms with Gasteiger partial charge in [0.15, 0.2) is 0 Å². The Labute approximate surface area is 105 Å². The van der Waals surface area contributed by atoms with Crippen molar-refractivity contribution in [1.82, 2.24) is 4.57 Å². The maximum absolute atomic E-state index is 11.0. The summed E-state index contributed by atoms with van der Waals surface area (Å²) < 4.78 is 6.77. The lowest BCUT2D eigenvalue weighted by Gasteiger charge is -2.07. The molecule has 0 aliphatic carbocycles. The van der Waals surface area contributed by atoms with E-state index in [1.54, 1.807) is 24.8 Å². The van der Waals surface area contributed by atoms with Crippen LogP contribution < -0.4 is 0 Å². The highest BCUT2D eigenvalue weighted by Gasteiger charge is 2.12. The molecule has 1 N–H and O–H groups in total. The SMILES string of the molecule is COCc1cccc(-c2ccc(C(=O)O)n2C)c1. The lowest BCUT2D eigenvalue weighted by atomic mass is 10.1. The molecule has 0 saturated heterocycles. The molecule has 18 heavy (non-hydrogen) atoms. The van der Waals surface area contributed by atoms with Crippen LogP contribution in [0.5, 0.6) is 0 Å². The summed E-state index contributed by atoms with van der Waals surface area (Å²) in [5.74, 6) is -0.920.